The molecule has 0 fully saturated rings. The van der Waals surface area contributed by atoms with Gasteiger partial charge in [-0.15, -0.1) is 0 Å². The molecule has 0 aliphatic rings. The lowest BCUT2D eigenvalue weighted by atomic mass is 10.0. The topological polar surface area (TPSA) is 40.5 Å². The Morgan fingerprint density at radius 2 is 1.75 bits per heavy atom. The van der Waals surface area contributed by atoms with E-state index < -0.39 is 5.97 Å². The second-order valence-corrected chi connectivity index (χ2v) is 5.07. The van der Waals surface area contributed by atoms with Gasteiger partial charge in [0, 0.05) is 6.04 Å². The van der Waals surface area contributed by atoms with Gasteiger partial charge in [-0.25, -0.2) is 0 Å². The van der Waals surface area contributed by atoms with Gasteiger partial charge >= 0.3 is 5.97 Å². The first-order valence-corrected chi connectivity index (χ1v) is 6.40. The third-order valence-electron chi connectivity index (χ3n) is 2.92. The largest absolute Gasteiger partial charge is 0.480 e. The van der Waals surface area contributed by atoms with Gasteiger partial charge in [0.2, 0.25) is 0 Å². The quantitative estimate of drug-likeness (QED) is 0.650. The molecule has 1 atom stereocenters. The Bertz CT molecular complexity index is 202. The number of aliphatic carboxylic acids is 1. The van der Waals surface area contributed by atoms with Crippen LogP contribution in [0.1, 0.15) is 53.9 Å². The molecule has 0 rings (SSSR count). The van der Waals surface area contributed by atoms with Crippen LogP contribution in [-0.4, -0.2) is 34.6 Å². The Labute approximate surface area is 99.8 Å². The molecule has 0 aromatic rings. The number of carboxylic acids is 1. The van der Waals surface area contributed by atoms with Gasteiger partial charge in [0.25, 0.3) is 0 Å². The molecule has 0 aromatic carbocycles. The highest BCUT2D eigenvalue weighted by atomic mass is 16.4. The standard InChI is InChI=1S/C13H27NO2/c1-6-7-8-9-14(11(4)5)12(10(2)3)13(15)16/h10-12H,6-9H2,1-5H3,(H,15,16). The second kappa shape index (κ2) is 7.66. The van der Waals surface area contributed by atoms with Gasteiger partial charge in [-0.2, -0.15) is 0 Å². The molecule has 16 heavy (non-hydrogen) atoms. The Hall–Kier alpha value is -0.570. The summed E-state index contributed by atoms with van der Waals surface area (Å²) in [6, 6.07) is -0.0581. The Morgan fingerprint density at radius 3 is 2.06 bits per heavy atom. The third-order valence-corrected chi connectivity index (χ3v) is 2.92. The van der Waals surface area contributed by atoms with Crippen molar-refractivity contribution in [2.75, 3.05) is 6.54 Å². The van der Waals surface area contributed by atoms with Crippen LogP contribution in [0.3, 0.4) is 0 Å². The summed E-state index contributed by atoms with van der Waals surface area (Å²) in [5.41, 5.74) is 0. The van der Waals surface area contributed by atoms with Gasteiger partial charge in [-0.05, 0) is 32.7 Å². The highest BCUT2D eigenvalue weighted by Gasteiger charge is 2.29. The molecule has 0 spiro atoms. The zero-order valence-corrected chi connectivity index (χ0v) is 11.4. The molecule has 0 bridgehead atoms. The van der Waals surface area contributed by atoms with E-state index in [-0.39, 0.29) is 12.0 Å². The van der Waals surface area contributed by atoms with Crippen molar-refractivity contribution < 1.29 is 9.90 Å². The van der Waals surface area contributed by atoms with E-state index in [2.05, 4.69) is 25.7 Å². The van der Waals surface area contributed by atoms with E-state index in [1.54, 1.807) is 0 Å². The van der Waals surface area contributed by atoms with Crippen molar-refractivity contribution in [3.63, 3.8) is 0 Å². The fraction of sp³-hybridized carbons (Fsp3) is 0.923. The molecule has 0 radical (unpaired) electrons. The van der Waals surface area contributed by atoms with Crippen LogP contribution in [0.25, 0.3) is 0 Å². The molecule has 0 aromatic heterocycles. The number of hydrogen-bond acceptors (Lipinski definition) is 2. The Balaban J connectivity index is 4.52. The Kier molecular flexibility index (Phi) is 7.39. The third kappa shape index (κ3) is 4.97. The summed E-state index contributed by atoms with van der Waals surface area (Å²) in [5, 5.41) is 9.28. The zero-order valence-electron chi connectivity index (χ0n) is 11.4. The van der Waals surface area contributed by atoms with Crippen molar-refractivity contribution in [2.24, 2.45) is 5.92 Å². The van der Waals surface area contributed by atoms with E-state index in [4.69, 9.17) is 0 Å². The summed E-state index contributed by atoms with van der Waals surface area (Å²) in [4.78, 5) is 13.4. The van der Waals surface area contributed by atoms with Gasteiger partial charge in [-0.1, -0.05) is 33.6 Å². The van der Waals surface area contributed by atoms with Crippen molar-refractivity contribution in [1.82, 2.24) is 4.90 Å². The minimum atomic E-state index is -0.694. The molecule has 1 unspecified atom stereocenters. The zero-order chi connectivity index (χ0) is 12.7. The normalized spacial score (nSPS) is 13.8. The summed E-state index contributed by atoms with van der Waals surface area (Å²) in [7, 11) is 0. The van der Waals surface area contributed by atoms with Crippen LogP contribution in [0.4, 0.5) is 0 Å². The summed E-state index contributed by atoms with van der Waals surface area (Å²) < 4.78 is 0. The highest BCUT2D eigenvalue weighted by molar-refractivity contribution is 5.73. The summed E-state index contributed by atoms with van der Waals surface area (Å²) >= 11 is 0. The van der Waals surface area contributed by atoms with E-state index >= 15 is 0 Å². The van der Waals surface area contributed by atoms with Gasteiger partial charge in [0.15, 0.2) is 0 Å². The van der Waals surface area contributed by atoms with Crippen LogP contribution < -0.4 is 0 Å². The van der Waals surface area contributed by atoms with E-state index in [9.17, 15) is 9.90 Å². The SMILES string of the molecule is CCCCCN(C(C)C)C(C(=O)O)C(C)C. The molecular formula is C13H27NO2. The lowest BCUT2D eigenvalue weighted by Crippen LogP contribution is -2.48. The molecule has 0 amide bonds. The average molecular weight is 229 g/mol. The lowest BCUT2D eigenvalue weighted by Gasteiger charge is -2.34. The molecule has 3 heteroatoms. The van der Waals surface area contributed by atoms with Crippen LogP contribution in [0.5, 0.6) is 0 Å². The van der Waals surface area contributed by atoms with Crippen LogP contribution in [0.15, 0.2) is 0 Å². The summed E-state index contributed by atoms with van der Waals surface area (Å²) in [5.74, 6) is -0.540. The maximum atomic E-state index is 11.3. The van der Waals surface area contributed by atoms with E-state index in [0.717, 1.165) is 13.0 Å². The van der Waals surface area contributed by atoms with Gasteiger partial charge < -0.3 is 5.11 Å². The van der Waals surface area contributed by atoms with E-state index in [1.165, 1.54) is 12.8 Å². The van der Waals surface area contributed by atoms with Gasteiger partial charge in [0.1, 0.15) is 6.04 Å². The van der Waals surface area contributed by atoms with Crippen molar-refractivity contribution in [2.45, 2.75) is 66.0 Å². The van der Waals surface area contributed by atoms with Crippen molar-refractivity contribution in [1.29, 1.82) is 0 Å². The fourth-order valence-corrected chi connectivity index (χ4v) is 2.07. The number of carbonyl (C=O) groups is 1. The Morgan fingerprint density at radius 1 is 1.19 bits per heavy atom. The van der Waals surface area contributed by atoms with Gasteiger partial charge in [-0.3, -0.25) is 9.69 Å². The second-order valence-electron chi connectivity index (χ2n) is 5.07. The number of carboxylic acid groups (broad SMARTS) is 1. The first-order chi connectivity index (χ1) is 7.41. The number of nitrogens with zero attached hydrogens (tertiary/aromatic N) is 1. The number of unbranched alkanes of at least 4 members (excludes halogenated alkanes) is 2. The minimum absolute atomic E-state index is 0.154. The summed E-state index contributed by atoms with van der Waals surface area (Å²) in [6.07, 6.45) is 3.43. The van der Waals surface area contributed by atoms with E-state index in [1.807, 2.05) is 13.8 Å². The van der Waals surface area contributed by atoms with Crippen LogP contribution in [0.2, 0.25) is 0 Å². The first-order valence-electron chi connectivity index (χ1n) is 6.40. The predicted octanol–water partition coefficient (Wildman–Crippen LogP) is 3.00. The average Bonchev–Trinajstić information content (AvgIpc) is 2.14. The summed E-state index contributed by atoms with van der Waals surface area (Å²) in [6.45, 7) is 11.2. The van der Waals surface area contributed by atoms with Crippen molar-refractivity contribution in [3.05, 3.63) is 0 Å². The molecular weight excluding hydrogens is 202 g/mol. The smallest absolute Gasteiger partial charge is 0.321 e. The van der Waals surface area contributed by atoms with E-state index in [0.29, 0.717) is 6.04 Å². The molecule has 0 heterocycles. The van der Waals surface area contributed by atoms with Crippen LogP contribution >= 0.6 is 0 Å². The lowest BCUT2D eigenvalue weighted by molar-refractivity contribution is -0.146. The maximum Gasteiger partial charge on any atom is 0.321 e. The maximum absolute atomic E-state index is 11.3. The minimum Gasteiger partial charge on any atom is -0.480 e. The molecule has 0 aliphatic heterocycles. The number of hydrogen-bond donors (Lipinski definition) is 1. The molecule has 1 N–H and O–H groups in total. The van der Waals surface area contributed by atoms with Crippen LogP contribution in [0, 0.1) is 5.92 Å². The van der Waals surface area contributed by atoms with Gasteiger partial charge in [0.05, 0.1) is 0 Å². The van der Waals surface area contributed by atoms with Crippen molar-refractivity contribution in [3.8, 4) is 0 Å². The fourth-order valence-electron chi connectivity index (χ4n) is 2.07. The molecule has 0 saturated carbocycles. The molecule has 0 saturated heterocycles. The molecule has 96 valence electrons. The molecule has 0 aliphatic carbocycles. The monoisotopic (exact) mass is 229 g/mol. The predicted molar refractivity (Wildman–Crippen MR) is 67.6 cm³/mol. The number of rotatable bonds is 8. The van der Waals surface area contributed by atoms with Crippen molar-refractivity contribution >= 4 is 5.97 Å². The first kappa shape index (κ1) is 15.4. The van der Waals surface area contributed by atoms with Crippen LogP contribution in [-0.2, 0) is 4.79 Å². The highest BCUT2D eigenvalue weighted by Crippen LogP contribution is 2.16. The molecule has 3 nitrogen and oxygen atoms in total.